The third kappa shape index (κ3) is 2.73. The molecule has 3 nitrogen and oxygen atoms in total. The molecule has 0 atom stereocenters. The van der Waals surface area contributed by atoms with Crippen LogP contribution in [0.25, 0.3) is 0 Å². The molecule has 0 bridgehead atoms. The van der Waals surface area contributed by atoms with E-state index in [1.807, 2.05) is 6.92 Å². The smallest absolute Gasteiger partial charge is 0.131 e. The zero-order valence-electron chi connectivity index (χ0n) is 9.54. The molecule has 0 amide bonds. The largest absolute Gasteiger partial charge is 0.339 e. The Labute approximate surface area is 115 Å². The van der Waals surface area contributed by atoms with Gasteiger partial charge < -0.3 is 5.32 Å². The fourth-order valence-electron chi connectivity index (χ4n) is 1.54. The monoisotopic (exact) mass is 277 g/mol. The molecule has 2 rings (SSSR count). The van der Waals surface area contributed by atoms with Crippen LogP contribution in [-0.2, 0) is 0 Å². The molecule has 0 radical (unpaired) electrons. The Balaban J connectivity index is 2.37. The number of nitrogens with zero attached hydrogens (tertiary/aromatic N) is 2. The lowest BCUT2D eigenvalue weighted by atomic mass is 10.2. The van der Waals surface area contributed by atoms with Crippen LogP contribution >= 0.6 is 23.2 Å². The van der Waals surface area contributed by atoms with Gasteiger partial charge in [-0.15, -0.1) is 0 Å². The number of rotatable bonds is 2. The minimum absolute atomic E-state index is 0.431. The minimum Gasteiger partial charge on any atom is -0.339 e. The fourth-order valence-corrected chi connectivity index (χ4v) is 1.88. The molecule has 1 aromatic heterocycles. The zero-order valence-corrected chi connectivity index (χ0v) is 11.0. The summed E-state index contributed by atoms with van der Waals surface area (Å²) in [5, 5.41) is 12.8. The summed E-state index contributed by atoms with van der Waals surface area (Å²) in [5.74, 6) is 0.565. The molecule has 90 valence electrons. The Hall–Kier alpha value is -1.76. The summed E-state index contributed by atoms with van der Waals surface area (Å²) in [7, 11) is 0. The molecule has 1 heterocycles. The third-order valence-electron chi connectivity index (χ3n) is 2.30. The van der Waals surface area contributed by atoms with Crippen molar-refractivity contribution in [1.29, 1.82) is 5.26 Å². The van der Waals surface area contributed by atoms with E-state index in [-0.39, 0.29) is 0 Å². The van der Waals surface area contributed by atoms with Gasteiger partial charge in [0.15, 0.2) is 0 Å². The first kappa shape index (κ1) is 12.7. The minimum atomic E-state index is 0.431. The van der Waals surface area contributed by atoms with E-state index < -0.39 is 0 Å². The molecular weight excluding hydrogens is 269 g/mol. The van der Waals surface area contributed by atoms with Crippen molar-refractivity contribution in [3.05, 3.63) is 51.6 Å². The van der Waals surface area contributed by atoms with Crippen molar-refractivity contribution in [3.63, 3.8) is 0 Å². The molecule has 0 saturated carbocycles. The molecule has 0 fully saturated rings. The van der Waals surface area contributed by atoms with Gasteiger partial charge in [0.2, 0.25) is 0 Å². The zero-order chi connectivity index (χ0) is 13.1. The summed E-state index contributed by atoms with van der Waals surface area (Å²) in [6.45, 7) is 1.82. The quantitative estimate of drug-likeness (QED) is 0.890. The highest BCUT2D eigenvalue weighted by molar-refractivity contribution is 6.43. The summed E-state index contributed by atoms with van der Waals surface area (Å²) in [6, 6.07) is 10.7. The number of aromatic nitrogens is 1. The van der Waals surface area contributed by atoms with Crippen LogP contribution < -0.4 is 5.32 Å². The highest BCUT2D eigenvalue weighted by Crippen LogP contribution is 2.31. The van der Waals surface area contributed by atoms with E-state index in [9.17, 15) is 0 Å². The Morgan fingerprint density at radius 2 is 2.06 bits per heavy atom. The topological polar surface area (TPSA) is 48.7 Å². The lowest BCUT2D eigenvalue weighted by molar-refractivity contribution is 1.19. The van der Waals surface area contributed by atoms with Crippen molar-refractivity contribution in [1.82, 2.24) is 4.98 Å². The number of nitrogens with one attached hydrogen (secondary N) is 1. The number of anilines is 2. The van der Waals surface area contributed by atoms with Crippen molar-refractivity contribution in [2.45, 2.75) is 6.92 Å². The molecule has 0 spiro atoms. The van der Waals surface area contributed by atoms with Crippen LogP contribution in [0.15, 0.2) is 30.3 Å². The molecule has 1 N–H and O–H groups in total. The van der Waals surface area contributed by atoms with Gasteiger partial charge in [0, 0.05) is 5.69 Å². The first-order chi connectivity index (χ1) is 8.60. The molecule has 0 aliphatic rings. The van der Waals surface area contributed by atoms with E-state index in [0.717, 1.165) is 5.69 Å². The second-order valence-electron chi connectivity index (χ2n) is 3.72. The van der Waals surface area contributed by atoms with Crippen molar-refractivity contribution < 1.29 is 0 Å². The molecule has 0 unspecified atom stereocenters. The number of nitriles is 1. The fraction of sp³-hybridized carbons (Fsp3) is 0.0769. The summed E-state index contributed by atoms with van der Waals surface area (Å²) in [6.07, 6.45) is 0. The lowest BCUT2D eigenvalue weighted by Gasteiger charge is -2.09. The SMILES string of the molecule is Cc1cc(C#N)cc(Nc2cccc(Cl)c2Cl)n1. The predicted octanol–water partition coefficient (Wildman–Crippen LogP) is 4.31. The van der Waals surface area contributed by atoms with Gasteiger partial charge in [-0.05, 0) is 31.2 Å². The van der Waals surface area contributed by atoms with Gasteiger partial charge in [-0.25, -0.2) is 4.98 Å². The Kier molecular flexibility index (Phi) is 3.71. The maximum absolute atomic E-state index is 8.90. The van der Waals surface area contributed by atoms with Gasteiger partial charge in [-0.3, -0.25) is 0 Å². The maximum Gasteiger partial charge on any atom is 0.131 e. The summed E-state index contributed by atoms with van der Waals surface area (Å²) >= 11 is 12.0. The van der Waals surface area contributed by atoms with E-state index in [4.69, 9.17) is 28.5 Å². The number of hydrogen-bond donors (Lipinski definition) is 1. The number of benzene rings is 1. The van der Waals surface area contributed by atoms with Crippen LogP contribution in [0.4, 0.5) is 11.5 Å². The van der Waals surface area contributed by atoms with Crippen LogP contribution in [0.1, 0.15) is 11.3 Å². The highest BCUT2D eigenvalue weighted by Gasteiger charge is 2.06. The molecule has 0 aliphatic carbocycles. The Morgan fingerprint density at radius 3 is 2.78 bits per heavy atom. The number of halogens is 2. The third-order valence-corrected chi connectivity index (χ3v) is 3.12. The molecule has 18 heavy (non-hydrogen) atoms. The predicted molar refractivity (Wildman–Crippen MR) is 73.4 cm³/mol. The Bertz CT molecular complexity index is 633. The average Bonchev–Trinajstić information content (AvgIpc) is 2.34. The van der Waals surface area contributed by atoms with Gasteiger partial charge in [0.1, 0.15) is 5.82 Å². The van der Waals surface area contributed by atoms with Gasteiger partial charge in [-0.1, -0.05) is 29.3 Å². The van der Waals surface area contributed by atoms with Crippen LogP contribution in [-0.4, -0.2) is 4.98 Å². The van der Waals surface area contributed by atoms with Crippen molar-refractivity contribution in [2.75, 3.05) is 5.32 Å². The summed E-state index contributed by atoms with van der Waals surface area (Å²) in [4.78, 5) is 4.28. The van der Waals surface area contributed by atoms with E-state index in [0.29, 0.717) is 27.1 Å². The molecule has 0 aliphatic heterocycles. The maximum atomic E-state index is 8.90. The van der Waals surface area contributed by atoms with E-state index in [1.54, 1.807) is 30.3 Å². The first-order valence-corrected chi connectivity index (χ1v) is 5.95. The van der Waals surface area contributed by atoms with E-state index >= 15 is 0 Å². The van der Waals surface area contributed by atoms with E-state index in [2.05, 4.69) is 16.4 Å². The summed E-state index contributed by atoms with van der Waals surface area (Å²) < 4.78 is 0. The van der Waals surface area contributed by atoms with E-state index in [1.165, 1.54) is 0 Å². The van der Waals surface area contributed by atoms with Crippen molar-refractivity contribution in [2.24, 2.45) is 0 Å². The van der Waals surface area contributed by atoms with Crippen LogP contribution in [0, 0.1) is 18.3 Å². The van der Waals surface area contributed by atoms with Crippen molar-refractivity contribution in [3.8, 4) is 6.07 Å². The normalized spacial score (nSPS) is 9.89. The Morgan fingerprint density at radius 1 is 1.28 bits per heavy atom. The summed E-state index contributed by atoms with van der Waals surface area (Å²) in [5.41, 5.74) is 1.96. The number of aryl methyl sites for hydroxylation is 1. The van der Waals surface area contributed by atoms with Gasteiger partial charge in [-0.2, -0.15) is 5.26 Å². The number of hydrogen-bond acceptors (Lipinski definition) is 3. The first-order valence-electron chi connectivity index (χ1n) is 5.20. The standard InChI is InChI=1S/C13H9Cl2N3/c1-8-5-9(7-16)6-12(17-8)18-11-4-2-3-10(14)13(11)15/h2-6H,1H3,(H,17,18). The van der Waals surface area contributed by atoms with Gasteiger partial charge in [0.05, 0.1) is 27.4 Å². The van der Waals surface area contributed by atoms with Gasteiger partial charge in [0.25, 0.3) is 0 Å². The highest BCUT2D eigenvalue weighted by atomic mass is 35.5. The molecule has 1 aromatic carbocycles. The second-order valence-corrected chi connectivity index (χ2v) is 4.51. The van der Waals surface area contributed by atoms with Crippen molar-refractivity contribution >= 4 is 34.7 Å². The molecular formula is C13H9Cl2N3. The second kappa shape index (κ2) is 5.26. The molecule has 5 heteroatoms. The molecule has 2 aromatic rings. The lowest BCUT2D eigenvalue weighted by Crippen LogP contribution is -1.97. The average molecular weight is 278 g/mol. The van der Waals surface area contributed by atoms with Crippen LogP contribution in [0.2, 0.25) is 10.0 Å². The van der Waals surface area contributed by atoms with Gasteiger partial charge >= 0.3 is 0 Å². The number of pyridine rings is 1. The van der Waals surface area contributed by atoms with Crippen LogP contribution in [0.3, 0.4) is 0 Å². The molecule has 0 saturated heterocycles. The van der Waals surface area contributed by atoms with Crippen LogP contribution in [0.5, 0.6) is 0 Å².